The second-order valence-corrected chi connectivity index (χ2v) is 12.0. The first kappa shape index (κ1) is 33.9. The van der Waals surface area contributed by atoms with Crippen molar-refractivity contribution in [3.8, 4) is 0 Å². The molecule has 0 radical (unpaired) electrons. The Hall–Kier alpha value is -7.54. The van der Waals surface area contributed by atoms with Gasteiger partial charge in [0.25, 0.3) is 23.5 Å². The topological polar surface area (TPSA) is 177 Å². The zero-order valence-electron chi connectivity index (χ0n) is 27.7. The molecule has 53 heavy (non-hydrogen) atoms. The van der Waals surface area contributed by atoms with Crippen LogP contribution in [-0.2, 0) is 0 Å². The van der Waals surface area contributed by atoms with Crippen molar-refractivity contribution in [2.45, 2.75) is 11.4 Å². The summed E-state index contributed by atoms with van der Waals surface area (Å²) in [7, 11) is 0. The standard InChI is InChI=1S/C40H28N6O7/c41-35-32-39(33(47)27-16-6-1-7-17-27,43(26-42-32)36(49)29-20-10-3-11-21-29)45(38(51)31-24-14-5-15-25-31)40(46(52)53,34(48)28-18-8-2-9-19-28)44(35)37(50)30-22-12-4-13-23-30/h1-26H,41H2. The molecule has 0 spiro atoms. The first-order valence-corrected chi connectivity index (χ1v) is 16.2. The van der Waals surface area contributed by atoms with Gasteiger partial charge in [-0.1, -0.05) is 115 Å². The maximum Gasteiger partial charge on any atom is 0.455 e. The number of rotatable bonds is 8. The Kier molecular flexibility index (Phi) is 8.52. The molecule has 2 aliphatic heterocycles. The second-order valence-electron chi connectivity index (χ2n) is 12.0. The molecule has 0 saturated heterocycles. The quantitative estimate of drug-likeness (QED) is 0.133. The Bertz CT molecular complexity index is 2340. The average Bonchev–Trinajstić information content (AvgIpc) is 3.62. The Balaban J connectivity index is 1.68. The minimum Gasteiger partial charge on any atom is -0.383 e. The molecule has 5 aromatic carbocycles. The molecule has 2 heterocycles. The maximum atomic E-state index is 15.5. The zero-order valence-corrected chi connectivity index (χ0v) is 27.7. The van der Waals surface area contributed by atoms with E-state index in [1.807, 2.05) is 0 Å². The van der Waals surface area contributed by atoms with Gasteiger partial charge in [0.05, 0.1) is 4.92 Å². The molecule has 0 fully saturated rings. The summed E-state index contributed by atoms with van der Waals surface area (Å²) in [5.41, 5.74) is 2.53. The molecular formula is C40H28N6O7. The van der Waals surface area contributed by atoms with Gasteiger partial charge in [-0.15, -0.1) is 0 Å². The van der Waals surface area contributed by atoms with Crippen LogP contribution >= 0.6 is 0 Å². The van der Waals surface area contributed by atoms with Gasteiger partial charge in [0.15, 0.2) is 0 Å². The van der Waals surface area contributed by atoms with Crippen LogP contribution in [0.15, 0.2) is 168 Å². The van der Waals surface area contributed by atoms with Crippen molar-refractivity contribution in [2.75, 3.05) is 0 Å². The van der Waals surface area contributed by atoms with Crippen LogP contribution in [0.5, 0.6) is 0 Å². The molecule has 0 saturated carbocycles. The van der Waals surface area contributed by atoms with Gasteiger partial charge < -0.3 is 5.73 Å². The summed E-state index contributed by atoms with van der Waals surface area (Å²) < 4.78 is 0. The van der Waals surface area contributed by atoms with Gasteiger partial charge in [0.1, 0.15) is 17.9 Å². The average molecular weight is 705 g/mol. The van der Waals surface area contributed by atoms with Gasteiger partial charge in [-0.05, 0) is 36.4 Å². The number of ketones is 2. The van der Waals surface area contributed by atoms with E-state index in [0.717, 1.165) is 11.2 Å². The highest BCUT2D eigenvalue weighted by molar-refractivity contribution is 6.19. The fourth-order valence-electron chi connectivity index (χ4n) is 6.68. The summed E-state index contributed by atoms with van der Waals surface area (Å²) in [5, 5.41) is 14.2. The predicted molar refractivity (Wildman–Crippen MR) is 192 cm³/mol. The SMILES string of the molecule is NC1=C2N=CN(C(=O)c3ccccc3)C2(C(=O)c2ccccc2)N(C(=O)c2ccccc2)C(C(=O)c2ccccc2)([N+](=O)[O-])N1C(=O)c1ccccc1. The molecule has 3 amide bonds. The first-order chi connectivity index (χ1) is 25.7. The fraction of sp³-hybridized carbons (Fsp3) is 0.0500. The van der Waals surface area contributed by atoms with E-state index < -0.39 is 57.2 Å². The molecule has 7 rings (SSSR count). The maximum absolute atomic E-state index is 15.5. The Morgan fingerprint density at radius 2 is 0.925 bits per heavy atom. The second kappa shape index (κ2) is 13.3. The number of carbonyl (C=O) groups is 5. The number of hydrogen-bond acceptors (Lipinski definition) is 9. The van der Waals surface area contributed by atoms with Crippen molar-refractivity contribution in [1.29, 1.82) is 0 Å². The van der Waals surface area contributed by atoms with Crippen LogP contribution < -0.4 is 5.73 Å². The van der Waals surface area contributed by atoms with Crippen molar-refractivity contribution in [1.82, 2.24) is 14.7 Å². The minimum absolute atomic E-state index is 0.00926. The molecule has 2 atom stereocenters. The van der Waals surface area contributed by atoms with Crippen molar-refractivity contribution >= 4 is 35.6 Å². The van der Waals surface area contributed by atoms with E-state index in [0.29, 0.717) is 9.80 Å². The monoisotopic (exact) mass is 704 g/mol. The molecular weight excluding hydrogens is 676 g/mol. The number of carbonyl (C=O) groups excluding carboxylic acids is 5. The molecule has 13 heteroatoms. The molecule has 0 aromatic heterocycles. The van der Waals surface area contributed by atoms with E-state index >= 15 is 14.4 Å². The van der Waals surface area contributed by atoms with E-state index in [-0.39, 0.29) is 27.8 Å². The molecule has 2 unspecified atom stereocenters. The fourth-order valence-corrected chi connectivity index (χ4v) is 6.68. The first-order valence-electron chi connectivity index (χ1n) is 16.2. The third-order valence-electron chi connectivity index (χ3n) is 9.05. The normalized spacial score (nSPS) is 19.1. The van der Waals surface area contributed by atoms with Gasteiger partial charge in [0.2, 0.25) is 11.4 Å². The van der Waals surface area contributed by atoms with E-state index in [2.05, 4.69) is 4.99 Å². The summed E-state index contributed by atoms with van der Waals surface area (Å²) in [6.45, 7) is 0. The molecule has 0 bridgehead atoms. The van der Waals surface area contributed by atoms with E-state index in [4.69, 9.17) is 5.73 Å². The highest BCUT2D eigenvalue weighted by Crippen LogP contribution is 2.50. The van der Waals surface area contributed by atoms with Gasteiger partial charge in [-0.25, -0.2) is 9.89 Å². The predicted octanol–water partition coefficient (Wildman–Crippen LogP) is 4.99. The lowest BCUT2D eigenvalue weighted by molar-refractivity contribution is -0.604. The number of Topliss-reactive ketones (excluding diaryl/α,β-unsaturated/α-hetero) is 2. The van der Waals surface area contributed by atoms with Gasteiger partial charge in [0, 0.05) is 27.8 Å². The van der Waals surface area contributed by atoms with Crippen LogP contribution in [-0.4, -0.2) is 66.7 Å². The third-order valence-corrected chi connectivity index (χ3v) is 9.05. The van der Waals surface area contributed by atoms with E-state index in [9.17, 15) is 19.7 Å². The molecule has 5 aromatic rings. The number of benzene rings is 5. The molecule has 2 N–H and O–H groups in total. The van der Waals surface area contributed by atoms with Crippen LogP contribution in [0.25, 0.3) is 0 Å². The number of aliphatic imine (C=N–C) groups is 1. The summed E-state index contributed by atoms with van der Waals surface area (Å²) in [4.78, 5) is 94.5. The Labute approximate surface area is 302 Å². The van der Waals surface area contributed by atoms with Gasteiger partial charge in [-0.2, -0.15) is 4.90 Å². The Morgan fingerprint density at radius 1 is 0.547 bits per heavy atom. The number of hydrogen-bond donors (Lipinski definition) is 1. The minimum atomic E-state index is -3.65. The largest absolute Gasteiger partial charge is 0.455 e. The number of fused-ring (bicyclic) bond motifs is 1. The van der Waals surface area contributed by atoms with E-state index in [1.54, 1.807) is 42.5 Å². The van der Waals surface area contributed by atoms with Crippen LogP contribution in [0.2, 0.25) is 0 Å². The van der Waals surface area contributed by atoms with Crippen molar-refractivity contribution in [3.05, 3.63) is 201 Å². The van der Waals surface area contributed by atoms with Crippen LogP contribution in [0, 0.1) is 10.1 Å². The highest BCUT2D eigenvalue weighted by Gasteiger charge is 2.79. The third kappa shape index (κ3) is 5.09. The lowest BCUT2D eigenvalue weighted by Crippen LogP contribution is -2.84. The number of nitro groups is 1. The van der Waals surface area contributed by atoms with Crippen molar-refractivity contribution < 1.29 is 28.9 Å². The zero-order chi connectivity index (χ0) is 37.3. The van der Waals surface area contributed by atoms with Crippen LogP contribution in [0.3, 0.4) is 0 Å². The van der Waals surface area contributed by atoms with Crippen molar-refractivity contribution in [2.24, 2.45) is 10.7 Å². The van der Waals surface area contributed by atoms with Crippen LogP contribution in [0.1, 0.15) is 51.8 Å². The molecule has 0 aliphatic carbocycles. The number of amides is 3. The summed E-state index contributed by atoms with van der Waals surface area (Å²) in [6.07, 6.45) is 0.928. The van der Waals surface area contributed by atoms with Crippen molar-refractivity contribution in [3.63, 3.8) is 0 Å². The van der Waals surface area contributed by atoms with Gasteiger partial charge >= 0.3 is 5.79 Å². The molecule has 260 valence electrons. The van der Waals surface area contributed by atoms with E-state index in [1.165, 1.54) is 109 Å². The summed E-state index contributed by atoms with van der Waals surface area (Å²) in [6, 6.07) is 36.5. The highest BCUT2D eigenvalue weighted by atomic mass is 16.6. The number of nitrogens with two attached hydrogens (primary N) is 1. The summed E-state index contributed by atoms with van der Waals surface area (Å²) >= 11 is 0. The van der Waals surface area contributed by atoms with Gasteiger partial charge in [-0.3, -0.25) is 39.0 Å². The molecule has 13 nitrogen and oxygen atoms in total. The number of nitrogens with zero attached hydrogens (tertiary/aromatic N) is 5. The van der Waals surface area contributed by atoms with Crippen LogP contribution in [0.4, 0.5) is 0 Å². The summed E-state index contributed by atoms with van der Waals surface area (Å²) in [5.74, 6) is -10.3. The lowest BCUT2D eigenvalue weighted by Gasteiger charge is -2.54. The molecule has 2 aliphatic rings. The lowest BCUT2D eigenvalue weighted by atomic mass is 9.84. The smallest absolute Gasteiger partial charge is 0.383 e. The Morgan fingerprint density at radius 3 is 1.36 bits per heavy atom.